The lowest BCUT2D eigenvalue weighted by Gasteiger charge is -2.09. The topological polar surface area (TPSA) is 53.1 Å². The molecule has 4 nitrogen and oxygen atoms in total. The number of nitrogens with zero attached hydrogens (tertiary/aromatic N) is 2. The van der Waals surface area contributed by atoms with Gasteiger partial charge in [0.25, 0.3) is 0 Å². The molecule has 0 unspecified atom stereocenters. The maximum Gasteiger partial charge on any atom is 0.301 e. The average molecular weight is 217 g/mol. The quantitative estimate of drug-likeness (QED) is 0.804. The first kappa shape index (κ1) is 10.5. The third-order valence-corrected chi connectivity index (χ3v) is 2.43. The predicted octanol–water partition coefficient (Wildman–Crippen LogP) is 2.59. The Labute approximate surface area is 94.7 Å². The molecule has 0 saturated carbocycles. The zero-order valence-electron chi connectivity index (χ0n) is 9.47. The Balaban J connectivity index is 2.30. The number of hydrogen-bond acceptors (Lipinski definition) is 3. The van der Waals surface area contributed by atoms with Crippen LogP contribution >= 0.6 is 0 Å². The fourth-order valence-corrected chi connectivity index (χ4v) is 1.47. The first-order valence-electron chi connectivity index (χ1n) is 5.26. The lowest BCUT2D eigenvalue weighted by atomic mass is 10.2. The number of hydrogen-bond donors (Lipinski definition) is 1. The summed E-state index contributed by atoms with van der Waals surface area (Å²) in [6.07, 6.45) is 3.61. The molecular weight excluding hydrogens is 202 g/mol. The second kappa shape index (κ2) is 4.26. The molecule has 0 saturated heterocycles. The van der Waals surface area contributed by atoms with Crippen LogP contribution in [-0.2, 0) is 6.54 Å². The minimum Gasteiger partial charge on any atom is -0.425 e. The van der Waals surface area contributed by atoms with Gasteiger partial charge in [0.2, 0.25) is 0 Å². The van der Waals surface area contributed by atoms with Crippen molar-refractivity contribution in [3.8, 4) is 11.8 Å². The average Bonchev–Trinajstić information content (AvgIpc) is 2.71. The maximum absolute atomic E-state index is 5.72. The smallest absolute Gasteiger partial charge is 0.301 e. The summed E-state index contributed by atoms with van der Waals surface area (Å²) < 4.78 is 7.66. The van der Waals surface area contributed by atoms with Gasteiger partial charge in [-0.3, -0.25) is 0 Å². The summed E-state index contributed by atoms with van der Waals surface area (Å²) in [6, 6.07) is 6.19. The van der Waals surface area contributed by atoms with Gasteiger partial charge in [0.1, 0.15) is 5.75 Å². The number of aryl methyl sites for hydroxylation is 2. The van der Waals surface area contributed by atoms with E-state index < -0.39 is 0 Å². The Kier molecular flexibility index (Phi) is 2.81. The summed E-state index contributed by atoms with van der Waals surface area (Å²) in [5.74, 6) is 0.751. The van der Waals surface area contributed by atoms with E-state index >= 15 is 0 Å². The summed E-state index contributed by atoms with van der Waals surface area (Å²) in [6.45, 7) is 4.85. The van der Waals surface area contributed by atoms with Gasteiger partial charge in [0, 0.05) is 30.7 Å². The molecule has 0 radical (unpaired) electrons. The highest BCUT2D eigenvalue weighted by Crippen LogP contribution is 2.25. The van der Waals surface area contributed by atoms with Crippen LogP contribution in [0.2, 0.25) is 0 Å². The Morgan fingerprint density at radius 1 is 1.44 bits per heavy atom. The van der Waals surface area contributed by atoms with Gasteiger partial charge in [0.05, 0.1) is 0 Å². The Morgan fingerprint density at radius 3 is 3.00 bits per heavy atom. The molecular formula is C12H15N3O. The lowest BCUT2D eigenvalue weighted by molar-refractivity contribution is 0.413. The molecule has 0 aliphatic carbocycles. The van der Waals surface area contributed by atoms with Gasteiger partial charge in [-0.15, -0.1) is 0 Å². The minimum absolute atomic E-state index is 0.594. The molecule has 16 heavy (non-hydrogen) atoms. The van der Waals surface area contributed by atoms with Gasteiger partial charge in [-0.05, 0) is 25.5 Å². The van der Waals surface area contributed by atoms with E-state index in [0.29, 0.717) is 11.7 Å². The normalized spacial score (nSPS) is 10.4. The van der Waals surface area contributed by atoms with E-state index in [0.717, 1.165) is 17.9 Å². The molecule has 1 aromatic heterocycles. The van der Waals surface area contributed by atoms with Gasteiger partial charge in [-0.1, -0.05) is 6.07 Å². The third kappa shape index (κ3) is 2.00. The van der Waals surface area contributed by atoms with Gasteiger partial charge < -0.3 is 15.0 Å². The van der Waals surface area contributed by atoms with Crippen molar-refractivity contribution >= 4 is 5.69 Å². The standard InChI is InChI=1S/C12H15N3O/c1-3-15-7-6-14-12(15)16-11-8-10(13)5-4-9(11)2/h4-8H,3,13H2,1-2H3. The molecule has 4 heteroatoms. The van der Waals surface area contributed by atoms with Crippen molar-refractivity contribution in [1.82, 2.24) is 9.55 Å². The number of anilines is 1. The highest BCUT2D eigenvalue weighted by molar-refractivity contribution is 5.48. The number of imidazole rings is 1. The summed E-state index contributed by atoms with van der Waals surface area (Å²) in [4.78, 5) is 4.15. The van der Waals surface area contributed by atoms with Crippen molar-refractivity contribution in [2.45, 2.75) is 20.4 Å². The molecule has 0 fully saturated rings. The number of rotatable bonds is 3. The van der Waals surface area contributed by atoms with Crippen molar-refractivity contribution in [2.24, 2.45) is 0 Å². The van der Waals surface area contributed by atoms with Crippen LogP contribution in [0.1, 0.15) is 12.5 Å². The van der Waals surface area contributed by atoms with Crippen LogP contribution < -0.4 is 10.5 Å². The van der Waals surface area contributed by atoms with Crippen molar-refractivity contribution in [2.75, 3.05) is 5.73 Å². The van der Waals surface area contributed by atoms with Gasteiger partial charge in [-0.25, -0.2) is 4.98 Å². The first-order chi connectivity index (χ1) is 7.70. The molecule has 0 atom stereocenters. The zero-order valence-corrected chi connectivity index (χ0v) is 9.47. The van der Waals surface area contributed by atoms with Crippen LogP contribution in [0.25, 0.3) is 0 Å². The zero-order chi connectivity index (χ0) is 11.5. The molecule has 0 amide bonds. The third-order valence-electron chi connectivity index (χ3n) is 2.43. The number of benzene rings is 1. The van der Waals surface area contributed by atoms with E-state index in [4.69, 9.17) is 10.5 Å². The highest BCUT2D eigenvalue weighted by atomic mass is 16.5. The summed E-state index contributed by atoms with van der Waals surface area (Å²) in [5.41, 5.74) is 7.45. The molecule has 84 valence electrons. The fourth-order valence-electron chi connectivity index (χ4n) is 1.47. The molecule has 0 aliphatic heterocycles. The minimum atomic E-state index is 0.594. The van der Waals surface area contributed by atoms with E-state index in [1.54, 1.807) is 6.20 Å². The first-order valence-corrected chi connectivity index (χ1v) is 5.26. The Morgan fingerprint density at radius 2 is 2.25 bits per heavy atom. The monoisotopic (exact) mass is 217 g/mol. The predicted molar refractivity (Wildman–Crippen MR) is 63.6 cm³/mol. The van der Waals surface area contributed by atoms with Gasteiger partial charge in [0.15, 0.2) is 0 Å². The van der Waals surface area contributed by atoms with E-state index in [1.807, 2.05) is 42.8 Å². The number of nitrogens with two attached hydrogens (primary N) is 1. The number of nitrogen functional groups attached to an aromatic ring is 1. The molecule has 2 aromatic rings. The summed E-state index contributed by atoms with van der Waals surface area (Å²) in [5, 5.41) is 0. The van der Waals surface area contributed by atoms with Crippen LogP contribution in [0.5, 0.6) is 11.8 Å². The van der Waals surface area contributed by atoms with Gasteiger partial charge >= 0.3 is 6.01 Å². The second-order valence-electron chi connectivity index (χ2n) is 3.62. The van der Waals surface area contributed by atoms with Crippen LogP contribution in [0, 0.1) is 6.92 Å². The molecule has 2 rings (SSSR count). The van der Waals surface area contributed by atoms with Gasteiger partial charge in [-0.2, -0.15) is 0 Å². The highest BCUT2D eigenvalue weighted by Gasteiger charge is 2.06. The summed E-state index contributed by atoms with van der Waals surface area (Å²) >= 11 is 0. The Hall–Kier alpha value is -1.97. The van der Waals surface area contributed by atoms with E-state index in [9.17, 15) is 0 Å². The van der Waals surface area contributed by atoms with Crippen molar-refractivity contribution in [1.29, 1.82) is 0 Å². The van der Waals surface area contributed by atoms with Crippen LogP contribution in [0.15, 0.2) is 30.6 Å². The lowest BCUT2D eigenvalue weighted by Crippen LogP contribution is -1.98. The van der Waals surface area contributed by atoms with Crippen LogP contribution in [-0.4, -0.2) is 9.55 Å². The van der Waals surface area contributed by atoms with Crippen molar-refractivity contribution in [3.63, 3.8) is 0 Å². The van der Waals surface area contributed by atoms with Crippen LogP contribution in [0.4, 0.5) is 5.69 Å². The fraction of sp³-hybridized carbons (Fsp3) is 0.250. The molecule has 1 aromatic carbocycles. The molecule has 0 bridgehead atoms. The number of aromatic nitrogens is 2. The van der Waals surface area contributed by atoms with Crippen molar-refractivity contribution < 1.29 is 4.74 Å². The maximum atomic E-state index is 5.72. The largest absolute Gasteiger partial charge is 0.425 e. The molecule has 1 heterocycles. The Bertz CT molecular complexity index is 491. The number of ether oxygens (including phenoxy) is 1. The molecule has 0 spiro atoms. The van der Waals surface area contributed by atoms with Crippen LogP contribution in [0.3, 0.4) is 0 Å². The van der Waals surface area contributed by atoms with E-state index in [1.165, 1.54) is 0 Å². The van der Waals surface area contributed by atoms with E-state index in [-0.39, 0.29) is 0 Å². The molecule has 0 aliphatic rings. The second-order valence-corrected chi connectivity index (χ2v) is 3.62. The SMILES string of the molecule is CCn1ccnc1Oc1cc(N)ccc1C. The van der Waals surface area contributed by atoms with Crippen molar-refractivity contribution in [3.05, 3.63) is 36.2 Å². The molecule has 2 N–H and O–H groups in total. The van der Waals surface area contributed by atoms with E-state index in [2.05, 4.69) is 4.98 Å². The summed E-state index contributed by atoms with van der Waals surface area (Å²) in [7, 11) is 0.